The van der Waals surface area contributed by atoms with Gasteiger partial charge in [0.05, 0.1) is 30.5 Å². The van der Waals surface area contributed by atoms with E-state index in [1.54, 1.807) is 21.3 Å². The van der Waals surface area contributed by atoms with Gasteiger partial charge in [-0.05, 0) is 36.2 Å². The standard InChI is InChI=1S/C23H19ClN6O2/c1-3-17-20(14-7-5-4-6-8-14)22-26-25-21-18(13-19(31)32-2)28-29(23(21)30(22)27-17)16-11-9-15(24)10-12-16/h4-12H,3,13H2,1-2H3. The molecule has 0 atom stereocenters. The number of hydrogen-bond donors (Lipinski definition) is 0. The van der Waals surface area contributed by atoms with Crippen LogP contribution in [0.3, 0.4) is 0 Å². The fourth-order valence-corrected chi connectivity index (χ4v) is 3.89. The Hall–Kier alpha value is -3.78. The molecule has 160 valence electrons. The molecule has 3 aromatic heterocycles. The lowest BCUT2D eigenvalue weighted by molar-refractivity contribution is -0.139. The molecule has 8 nitrogen and oxygen atoms in total. The van der Waals surface area contributed by atoms with Crippen LogP contribution in [0.25, 0.3) is 33.6 Å². The molecule has 0 aliphatic heterocycles. The van der Waals surface area contributed by atoms with Gasteiger partial charge >= 0.3 is 5.97 Å². The number of halogens is 1. The summed E-state index contributed by atoms with van der Waals surface area (Å²) < 4.78 is 8.31. The molecule has 0 saturated heterocycles. The zero-order valence-electron chi connectivity index (χ0n) is 17.5. The van der Waals surface area contributed by atoms with Crippen LogP contribution in [0.15, 0.2) is 54.6 Å². The van der Waals surface area contributed by atoms with E-state index in [9.17, 15) is 4.79 Å². The Morgan fingerprint density at radius 2 is 1.75 bits per heavy atom. The molecule has 5 aromatic rings. The van der Waals surface area contributed by atoms with Gasteiger partial charge in [-0.2, -0.15) is 14.7 Å². The fourth-order valence-electron chi connectivity index (χ4n) is 3.77. The minimum atomic E-state index is -0.408. The third kappa shape index (κ3) is 3.29. The van der Waals surface area contributed by atoms with Crippen LogP contribution in [-0.2, 0) is 22.4 Å². The van der Waals surface area contributed by atoms with Gasteiger partial charge in [0.2, 0.25) is 0 Å². The number of hydrogen-bond acceptors (Lipinski definition) is 6. The number of aryl methyl sites for hydroxylation is 1. The predicted octanol–water partition coefficient (Wildman–Crippen LogP) is 4.06. The van der Waals surface area contributed by atoms with Crippen molar-refractivity contribution in [3.05, 3.63) is 71.0 Å². The number of nitrogens with zero attached hydrogens (tertiary/aromatic N) is 6. The summed E-state index contributed by atoms with van der Waals surface area (Å²) in [5, 5.41) is 19.1. The molecule has 0 radical (unpaired) electrons. The Kier molecular flexibility index (Phi) is 5.07. The van der Waals surface area contributed by atoms with Crippen molar-refractivity contribution in [2.24, 2.45) is 0 Å². The summed E-state index contributed by atoms with van der Waals surface area (Å²) in [5.74, 6) is -0.408. The molecular weight excluding hydrogens is 428 g/mol. The molecule has 0 saturated carbocycles. The van der Waals surface area contributed by atoms with Gasteiger partial charge in [-0.25, -0.2) is 4.68 Å². The van der Waals surface area contributed by atoms with E-state index in [-0.39, 0.29) is 6.42 Å². The molecule has 9 heteroatoms. The van der Waals surface area contributed by atoms with Gasteiger partial charge in [-0.15, -0.1) is 10.2 Å². The van der Waals surface area contributed by atoms with Crippen LogP contribution in [0, 0.1) is 0 Å². The number of rotatable bonds is 5. The van der Waals surface area contributed by atoms with E-state index in [0.29, 0.717) is 27.5 Å². The van der Waals surface area contributed by atoms with Crippen LogP contribution in [0.2, 0.25) is 5.02 Å². The first-order valence-electron chi connectivity index (χ1n) is 10.1. The lowest BCUT2D eigenvalue weighted by Crippen LogP contribution is -2.06. The molecule has 0 aliphatic carbocycles. The van der Waals surface area contributed by atoms with Gasteiger partial charge in [0.15, 0.2) is 16.8 Å². The van der Waals surface area contributed by atoms with Crippen LogP contribution in [0.1, 0.15) is 18.3 Å². The highest BCUT2D eigenvalue weighted by Crippen LogP contribution is 2.30. The fraction of sp³-hybridized carbons (Fsp3) is 0.174. The van der Waals surface area contributed by atoms with Crippen molar-refractivity contribution in [3.8, 4) is 16.8 Å². The van der Waals surface area contributed by atoms with E-state index >= 15 is 0 Å². The van der Waals surface area contributed by atoms with E-state index in [1.165, 1.54) is 7.11 Å². The smallest absolute Gasteiger partial charge is 0.311 e. The maximum absolute atomic E-state index is 12.0. The molecular formula is C23H19ClN6O2. The minimum absolute atomic E-state index is 0.0266. The highest BCUT2D eigenvalue weighted by Gasteiger charge is 2.24. The quantitative estimate of drug-likeness (QED) is 0.378. The van der Waals surface area contributed by atoms with Crippen molar-refractivity contribution >= 4 is 34.4 Å². The Labute approximate surface area is 188 Å². The van der Waals surface area contributed by atoms with Gasteiger partial charge in [0, 0.05) is 5.02 Å². The topological polar surface area (TPSA) is 87.2 Å². The molecule has 0 bridgehead atoms. The second-order valence-corrected chi connectivity index (χ2v) is 7.67. The Bertz CT molecular complexity index is 1440. The summed E-state index contributed by atoms with van der Waals surface area (Å²) in [6, 6.07) is 17.3. The summed E-state index contributed by atoms with van der Waals surface area (Å²) in [7, 11) is 1.34. The lowest BCUT2D eigenvalue weighted by atomic mass is 10.0. The van der Waals surface area contributed by atoms with E-state index in [2.05, 4.69) is 22.2 Å². The molecule has 0 spiro atoms. The maximum atomic E-state index is 12.0. The SMILES string of the molecule is CCc1nn2c(nnc3c(CC(=O)OC)nn(-c4ccc(Cl)cc4)c32)c1-c1ccccc1. The average Bonchev–Trinajstić information content (AvgIpc) is 3.38. The second-order valence-electron chi connectivity index (χ2n) is 7.24. The number of carbonyl (C=O) groups is 1. The third-order valence-electron chi connectivity index (χ3n) is 5.29. The Morgan fingerprint density at radius 1 is 1.00 bits per heavy atom. The van der Waals surface area contributed by atoms with E-state index in [0.717, 1.165) is 28.9 Å². The number of esters is 1. The van der Waals surface area contributed by atoms with E-state index in [4.69, 9.17) is 21.4 Å². The molecule has 0 amide bonds. The van der Waals surface area contributed by atoms with Gasteiger partial charge < -0.3 is 4.74 Å². The first kappa shape index (κ1) is 20.1. The van der Waals surface area contributed by atoms with E-state index < -0.39 is 5.97 Å². The van der Waals surface area contributed by atoms with Crippen LogP contribution in [0.5, 0.6) is 0 Å². The molecule has 32 heavy (non-hydrogen) atoms. The molecule has 0 unspecified atom stereocenters. The summed E-state index contributed by atoms with van der Waals surface area (Å²) in [6.45, 7) is 2.05. The van der Waals surface area contributed by atoms with Crippen LogP contribution >= 0.6 is 11.6 Å². The van der Waals surface area contributed by atoms with Crippen molar-refractivity contribution in [2.75, 3.05) is 7.11 Å². The number of fused-ring (bicyclic) bond motifs is 3. The summed E-state index contributed by atoms with van der Waals surface area (Å²) in [6.07, 6.45) is 0.695. The van der Waals surface area contributed by atoms with Gasteiger partial charge in [0.1, 0.15) is 5.69 Å². The van der Waals surface area contributed by atoms with Gasteiger partial charge in [0.25, 0.3) is 0 Å². The molecule has 0 N–H and O–H groups in total. The second kappa shape index (κ2) is 8.05. The first-order valence-corrected chi connectivity index (χ1v) is 10.5. The highest BCUT2D eigenvalue weighted by molar-refractivity contribution is 6.30. The highest BCUT2D eigenvalue weighted by atomic mass is 35.5. The average molecular weight is 447 g/mol. The molecule has 0 fully saturated rings. The Balaban J connectivity index is 1.85. The predicted molar refractivity (Wildman–Crippen MR) is 121 cm³/mol. The summed E-state index contributed by atoms with van der Waals surface area (Å²) in [4.78, 5) is 12.0. The van der Waals surface area contributed by atoms with Crippen molar-refractivity contribution < 1.29 is 9.53 Å². The molecule has 2 aromatic carbocycles. The zero-order valence-corrected chi connectivity index (χ0v) is 18.2. The monoisotopic (exact) mass is 446 g/mol. The van der Waals surface area contributed by atoms with Crippen LogP contribution in [-0.4, -0.2) is 42.7 Å². The van der Waals surface area contributed by atoms with Crippen LogP contribution < -0.4 is 0 Å². The van der Waals surface area contributed by atoms with Crippen molar-refractivity contribution in [1.29, 1.82) is 0 Å². The van der Waals surface area contributed by atoms with Crippen molar-refractivity contribution in [3.63, 3.8) is 0 Å². The van der Waals surface area contributed by atoms with Crippen LogP contribution in [0.4, 0.5) is 0 Å². The van der Waals surface area contributed by atoms with Gasteiger partial charge in [-0.1, -0.05) is 48.9 Å². The number of ether oxygens (including phenoxy) is 1. The van der Waals surface area contributed by atoms with E-state index in [1.807, 2.05) is 42.5 Å². The molecule has 3 heterocycles. The Morgan fingerprint density at radius 3 is 2.44 bits per heavy atom. The summed E-state index contributed by atoms with van der Waals surface area (Å²) >= 11 is 6.09. The number of methoxy groups -OCH3 is 1. The van der Waals surface area contributed by atoms with Gasteiger partial charge in [-0.3, -0.25) is 4.79 Å². The largest absolute Gasteiger partial charge is 0.469 e. The molecule has 5 rings (SSSR count). The van der Waals surface area contributed by atoms with Crippen molar-refractivity contribution in [2.45, 2.75) is 19.8 Å². The third-order valence-corrected chi connectivity index (χ3v) is 5.55. The zero-order chi connectivity index (χ0) is 22.2. The number of carbonyl (C=O) groups excluding carboxylic acids is 1. The number of aromatic nitrogens is 6. The molecule has 0 aliphatic rings. The van der Waals surface area contributed by atoms with Crippen molar-refractivity contribution in [1.82, 2.24) is 29.6 Å². The number of benzene rings is 2. The normalized spacial score (nSPS) is 11.3. The first-order chi connectivity index (χ1) is 15.6. The maximum Gasteiger partial charge on any atom is 0.311 e. The minimum Gasteiger partial charge on any atom is -0.469 e. The summed E-state index contributed by atoms with van der Waals surface area (Å²) in [5.41, 5.74) is 5.80. The lowest BCUT2D eigenvalue weighted by Gasteiger charge is -2.04.